The van der Waals surface area contributed by atoms with E-state index in [-0.39, 0.29) is 0 Å². The lowest BCUT2D eigenvalue weighted by Crippen LogP contribution is -2.28. The minimum atomic E-state index is 0.430. The molecule has 1 aromatic heterocycles. The van der Waals surface area contributed by atoms with Crippen LogP contribution in [0.4, 0.5) is 0 Å². The summed E-state index contributed by atoms with van der Waals surface area (Å²) < 4.78 is 0. The Morgan fingerprint density at radius 3 is 3.00 bits per heavy atom. The zero-order valence-electron chi connectivity index (χ0n) is 10.8. The van der Waals surface area contributed by atoms with Crippen LogP contribution in [0.5, 0.6) is 0 Å². The Labute approximate surface area is 112 Å². The Morgan fingerprint density at radius 2 is 2.17 bits per heavy atom. The van der Waals surface area contributed by atoms with Crippen LogP contribution in [0.25, 0.3) is 10.9 Å². The third-order valence-corrected chi connectivity index (χ3v) is 4.82. The summed E-state index contributed by atoms with van der Waals surface area (Å²) >= 11 is 2.02. The molecule has 0 saturated carbocycles. The molecule has 2 aromatic rings. The van der Waals surface area contributed by atoms with Crippen molar-refractivity contribution in [2.45, 2.75) is 30.9 Å². The topological polar surface area (TPSA) is 24.9 Å². The van der Waals surface area contributed by atoms with E-state index in [9.17, 15) is 0 Å². The average molecular weight is 258 g/mol. The summed E-state index contributed by atoms with van der Waals surface area (Å²) in [5.41, 5.74) is 3.53. The monoisotopic (exact) mass is 258 g/mol. The molecule has 18 heavy (non-hydrogen) atoms. The number of aryl methyl sites for hydroxylation is 1. The van der Waals surface area contributed by atoms with Crippen molar-refractivity contribution in [3.63, 3.8) is 0 Å². The Hall–Kier alpha value is -1.06. The Kier molecular flexibility index (Phi) is 3.27. The van der Waals surface area contributed by atoms with E-state index in [1.807, 2.05) is 18.7 Å². The smallest absolute Gasteiger partial charge is 0.0792 e. The van der Waals surface area contributed by atoms with E-state index < -0.39 is 0 Å². The number of benzene rings is 1. The molecule has 1 N–H and O–H groups in total. The van der Waals surface area contributed by atoms with Gasteiger partial charge < -0.3 is 5.32 Å². The molecule has 2 heterocycles. The van der Waals surface area contributed by atoms with Crippen molar-refractivity contribution >= 4 is 22.7 Å². The molecule has 1 aliphatic heterocycles. The predicted octanol–water partition coefficient (Wildman–Crippen LogP) is 3.66. The molecular weight excluding hydrogens is 240 g/mol. The second-order valence-electron chi connectivity index (χ2n) is 4.97. The van der Waals surface area contributed by atoms with Gasteiger partial charge in [0.2, 0.25) is 0 Å². The van der Waals surface area contributed by atoms with Crippen molar-refractivity contribution in [2.75, 3.05) is 6.54 Å². The van der Waals surface area contributed by atoms with Crippen LogP contribution in [0.1, 0.15) is 30.0 Å². The SMILES string of the molecule is Cc1ccc2cc(C3NCCC(C)S3)ccc2n1. The van der Waals surface area contributed by atoms with Gasteiger partial charge in [-0.3, -0.25) is 4.98 Å². The second-order valence-corrected chi connectivity index (χ2v) is 6.52. The third-order valence-electron chi connectivity index (χ3n) is 3.40. The fourth-order valence-corrected chi connectivity index (χ4v) is 3.61. The Balaban J connectivity index is 1.95. The lowest BCUT2D eigenvalue weighted by molar-refractivity contribution is 0.605. The molecule has 0 spiro atoms. The molecule has 3 heteroatoms. The average Bonchev–Trinajstić information content (AvgIpc) is 2.38. The van der Waals surface area contributed by atoms with Crippen LogP contribution in [0, 0.1) is 6.92 Å². The molecule has 3 rings (SSSR count). The molecule has 94 valence electrons. The first-order chi connectivity index (χ1) is 8.72. The van der Waals surface area contributed by atoms with Crippen LogP contribution in [0.15, 0.2) is 30.3 Å². The van der Waals surface area contributed by atoms with Gasteiger partial charge in [0, 0.05) is 16.3 Å². The van der Waals surface area contributed by atoms with Crippen LogP contribution in [0.3, 0.4) is 0 Å². The van der Waals surface area contributed by atoms with Crippen LogP contribution < -0.4 is 5.32 Å². The van der Waals surface area contributed by atoms with Crippen molar-refractivity contribution in [3.05, 3.63) is 41.6 Å². The van der Waals surface area contributed by atoms with Gasteiger partial charge in [-0.05, 0) is 43.7 Å². The molecule has 1 fully saturated rings. The van der Waals surface area contributed by atoms with Crippen molar-refractivity contribution in [1.29, 1.82) is 0 Å². The Morgan fingerprint density at radius 1 is 1.28 bits per heavy atom. The second kappa shape index (κ2) is 4.90. The van der Waals surface area contributed by atoms with E-state index in [0.29, 0.717) is 5.37 Å². The summed E-state index contributed by atoms with van der Waals surface area (Å²) in [7, 11) is 0. The maximum absolute atomic E-state index is 4.55. The predicted molar refractivity (Wildman–Crippen MR) is 78.9 cm³/mol. The molecule has 1 saturated heterocycles. The third kappa shape index (κ3) is 2.38. The Bertz CT molecular complexity index is 567. The van der Waals surface area contributed by atoms with Crippen molar-refractivity contribution in [3.8, 4) is 0 Å². The highest BCUT2D eigenvalue weighted by atomic mass is 32.2. The molecule has 0 radical (unpaired) electrons. The van der Waals surface area contributed by atoms with Crippen molar-refractivity contribution < 1.29 is 0 Å². The van der Waals surface area contributed by atoms with Crippen LogP contribution in [-0.2, 0) is 0 Å². The van der Waals surface area contributed by atoms with Gasteiger partial charge in [-0.15, -0.1) is 11.8 Å². The van der Waals surface area contributed by atoms with E-state index in [2.05, 4.69) is 47.6 Å². The van der Waals surface area contributed by atoms with Gasteiger partial charge in [0.25, 0.3) is 0 Å². The quantitative estimate of drug-likeness (QED) is 0.845. The lowest BCUT2D eigenvalue weighted by atomic mass is 10.1. The molecular formula is C15H18N2S. The largest absolute Gasteiger partial charge is 0.302 e. The lowest BCUT2D eigenvalue weighted by Gasteiger charge is -2.28. The van der Waals surface area contributed by atoms with Gasteiger partial charge in [0.15, 0.2) is 0 Å². The number of pyridine rings is 1. The van der Waals surface area contributed by atoms with E-state index >= 15 is 0 Å². The van der Waals surface area contributed by atoms with Crippen LogP contribution >= 0.6 is 11.8 Å². The zero-order chi connectivity index (χ0) is 12.5. The van der Waals surface area contributed by atoms with E-state index in [1.54, 1.807) is 0 Å². The number of hydrogen-bond donors (Lipinski definition) is 1. The number of fused-ring (bicyclic) bond motifs is 1. The van der Waals surface area contributed by atoms with Gasteiger partial charge in [-0.2, -0.15) is 0 Å². The first kappa shape index (κ1) is 12.0. The summed E-state index contributed by atoms with van der Waals surface area (Å²) in [6.07, 6.45) is 1.26. The summed E-state index contributed by atoms with van der Waals surface area (Å²) in [6.45, 7) is 5.46. The minimum absolute atomic E-state index is 0.430. The summed E-state index contributed by atoms with van der Waals surface area (Å²) in [6, 6.07) is 10.9. The molecule has 2 unspecified atom stereocenters. The van der Waals surface area contributed by atoms with Gasteiger partial charge in [-0.25, -0.2) is 0 Å². The first-order valence-electron chi connectivity index (χ1n) is 6.48. The van der Waals surface area contributed by atoms with Crippen molar-refractivity contribution in [1.82, 2.24) is 10.3 Å². The van der Waals surface area contributed by atoms with E-state index in [4.69, 9.17) is 0 Å². The number of nitrogens with one attached hydrogen (secondary N) is 1. The van der Waals surface area contributed by atoms with E-state index in [0.717, 1.165) is 23.0 Å². The highest BCUT2D eigenvalue weighted by Crippen LogP contribution is 2.35. The number of aromatic nitrogens is 1. The molecule has 0 amide bonds. The molecule has 1 aromatic carbocycles. The number of hydrogen-bond acceptors (Lipinski definition) is 3. The summed E-state index contributed by atoms with van der Waals surface area (Å²) in [4.78, 5) is 4.55. The van der Waals surface area contributed by atoms with Gasteiger partial charge >= 0.3 is 0 Å². The van der Waals surface area contributed by atoms with Crippen molar-refractivity contribution in [2.24, 2.45) is 0 Å². The highest BCUT2D eigenvalue weighted by molar-refractivity contribution is 8.00. The summed E-state index contributed by atoms with van der Waals surface area (Å²) in [5.74, 6) is 0. The molecule has 0 bridgehead atoms. The fraction of sp³-hybridized carbons (Fsp3) is 0.400. The van der Waals surface area contributed by atoms with Gasteiger partial charge in [0.1, 0.15) is 0 Å². The van der Waals surface area contributed by atoms with Crippen LogP contribution in [-0.4, -0.2) is 16.8 Å². The number of thioether (sulfide) groups is 1. The molecule has 0 aliphatic carbocycles. The van der Waals surface area contributed by atoms with E-state index in [1.165, 1.54) is 17.4 Å². The van der Waals surface area contributed by atoms with Gasteiger partial charge in [-0.1, -0.05) is 19.1 Å². The fourth-order valence-electron chi connectivity index (χ4n) is 2.37. The maximum Gasteiger partial charge on any atom is 0.0792 e. The van der Waals surface area contributed by atoms with Crippen LogP contribution in [0.2, 0.25) is 0 Å². The highest BCUT2D eigenvalue weighted by Gasteiger charge is 2.20. The number of nitrogens with zero attached hydrogens (tertiary/aromatic N) is 1. The molecule has 2 atom stereocenters. The standard InChI is InChI=1S/C15H18N2S/c1-10-3-4-12-9-13(5-6-14(12)17-10)15-16-8-7-11(2)18-15/h3-6,9,11,15-16H,7-8H2,1-2H3. The molecule has 1 aliphatic rings. The normalized spacial score (nSPS) is 24.3. The number of rotatable bonds is 1. The molecule has 2 nitrogen and oxygen atoms in total. The minimum Gasteiger partial charge on any atom is -0.302 e. The van der Waals surface area contributed by atoms with Gasteiger partial charge in [0.05, 0.1) is 10.9 Å². The first-order valence-corrected chi connectivity index (χ1v) is 7.43. The maximum atomic E-state index is 4.55. The summed E-state index contributed by atoms with van der Waals surface area (Å²) in [5, 5.41) is 5.99. The zero-order valence-corrected chi connectivity index (χ0v) is 11.6.